The van der Waals surface area contributed by atoms with Crippen LogP contribution in [0.3, 0.4) is 0 Å². The van der Waals surface area contributed by atoms with Crippen molar-refractivity contribution in [1.29, 1.82) is 0 Å². The Morgan fingerprint density at radius 3 is 2.78 bits per heavy atom. The summed E-state index contributed by atoms with van der Waals surface area (Å²) in [6.45, 7) is 3.83. The zero-order valence-corrected chi connectivity index (χ0v) is 11.5. The van der Waals surface area contributed by atoms with Gasteiger partial charge in [-0.05, 0) is 24.7 Å². The Labute approximate surface area is 110 Å². The fourth-order valence-electron chi connectivity index (χ4n) is 3.34. The van der Waals surface area contributed by atoms with Gasteiger partial charge in [-0.3, -0.25) is 4.79 Å². The molecule has 1 spiro atoms. The van der Waals surface area contributed by atoms with Gasteiger partial charge in [0.05, 0.1) is 13.2 Å². The van der Waals surface area contributed by atoms with Gasteiger partial charge in [0, 0.05) is 26.7 Å². The van der Waals surface area contributed by atoms with Crippen molar-refractivity contribution in [2.45, 2.75) is 38.5 Å². The molecule has 1 aliphatic heterocycles. The molecule has 1 heterocycles. The molecule has 1 saturated heterocycles. The lowest BCUT2D eigenvalue weighted by Crippen LogP contribution is -2.39. The molecule has 0 unspecified atom stereocenters. The molecule has 0 atom stereocenters. The highest BCUT2D eigenvalue weighted by Gasteiger charge is 2.40. The Bertz CT molecular complexity index is 275. The first kappa shape index (κ1) is 13.8. The Morgan fingerprint density at radius 2 is 2.06 bits per heavy atom. The minimum Gasteiger partial charge on any atom is -0.383 e. The first-order valence-corrected chi connectivity index (χ1v) is 7.23. The molecule has 0 radical (unpaired) electrons. The van der Waals surface area contributed by atoms with Crippen molar-refractivity contribution in [1.82, 2.24) is 10.2 Å². The van der Waals surface area contributed by atoms with E-state index in [0.29, 0.717) is 18.6 Å². The summed E-state index contributed by atoms with van der Waals surface area (Å²) >= 11 is 0. The first-order valence-electron chi connectivity index (χ1n) is 7.23. The molecule has 1 N–H and O–H groups in total. The highest BCUT2D eigenvalue weighted by molar-refractivity contribution is 5.78. The van der Waals surface area contributed by atoms with Gasteiger partial charge < -0.3 is 15.0 Å². The number of nitrogens with zero attached hydrogens (tertiary/aromatic N) is 1. The van der Waals surface area contributed by atoms with Crippen molar-refractivity contribution in [2.75, 3.05) is 39.9 Å². The maximum atomic E-state index is 12.1. The van der Waals surface area contributed by atoms with Gasteiger partial charge in [-0.1, -0.05) is 19.3 Å². The van der Waals surface area contributed by atoms with Crippen LogP contribution in [0.1, 0.15) is 38.5 Å². The number of nitrogens with one attached hydrogen (secondary N) is 1. The van der Waals surface area contributed by atoms with Crippen LogP contribution in [0.5, 0.6) is 0 Å². The lowest BCUT2D eigenvalue weighted by molar-refractivity contribution is -0.129. The molecule has 0 bridgehead atoms. The maximum Gasteiger partial charge on any atom is 0.236 e. The third-order valence-electron chi connectivity index (χ3n) is 4.46. The van der Waals surface area contributed by atoms with Crippen molar-refractivity contribution < 1.29 is 9.53 Å². The number of rotatable bonds is 5. The van der Waals surface area contributed by atoms with Crippen molar-refractivity contribution in [3.63, 3.8) is 0 Å². The lowest BCUT2D eigenvalue weighted by atomic mass is 9.73. The minimum absolute atomic E-state index is 0.258. The Kier molecular flexibility index (Phi) is 5.01. The summed E-state index contributed by atoms with van der Waals surface area (Å²) in [6.07, 6.45) is 7.97. The van der Waals surface area contributed by atoms with E-state index in [9.17, 15) is 4.79 Å². The number of likely N-dealkylation sites (tertiary alicyclic amines) is 1. The summed E-state index contributed by atoms with van der Waals surface area (Å²) in [4.78, 5) is 14.1. The number of hydrogen-bond acceptors (Lipinski definition) is 3. The Morgan fingerprint density at radius 1 is 1.28 bits per heavy atom. The minimum atomic E-state index is 0.258. The summed E-state index contributed by atoms with van der Waals surface area (Å²) in [5.74, 6) is 0.258. The molecule has 104 valence electrons. The van der Waals surface area contributed by atoms with E-state index >= 15 is 0 Å². The van der Waals surface area contributed by atoms with Gasteiger partial charge in [0.25, 0.3) is 0 Å². The largest absolute Gasteiger partial charge is 0.383 e. The number of amides is 1. The summed E-state index contributed by atoms with van der Waals surface area (Å²) < 4.78 is 4.95. The van der Waals surface area contributed by atoms with Crippen LogP contribution in [-0.4, -0.2) is 50.7 Å². The maximum absolute atomic E-state index is 12.1. The quantitative estimate of drug-likeness (QED) is 0.754. The second-order valence-corrected chi connectivity index (χ2v) is 5.80. The molecule has 2 aliphatic rings. The van der Waals surface area contributed by atoms with Crippen LogP contribution < -0.4 is 5.32 Å². The summed E-state index contributed by atoms with van der Waals surface area (Å²) in [7, 11) is 1.68. The lowest BCUT2D eigenvalue weighted by Gasteiger charge is -2.33. The third-order valence-corrected chi connectivity index (χ3v) is 4.46. The second kappa shape index (κ2) is 6.53. The average molecular weight is 254 g/mol. The second-order valence-electron chi connectivity index (χ2n) is 5.80. The zero-order chi connectivity index (χ0) is 12.8. The number of hydrogen-bond donors (Lipinski definition) is 1. The summed E-state index contributed by atoms with van der Waals surface area (Å²) in [5.41, 5.74) is 0.473. The van der Waals surface area contributed by atoms with E-state index < -0.39 is 0 Å². The molecular formula is C14H26N2O2. The normalized spacial score (nSPS) is 22.6. The van der Waals surface area contributed by atoms with Gasteiger partial charge >= 0.3 is 0 Å². The molecule has 1 saturated carbocycles. The van der Waals surface area contributed by atoms with Crippen LogP contribution in [0.25, 0.3) is 0 Å². The van der Waals surface area contributed by atoms with Gasteiger partial charge in [-0.25, -0.2) is 0 Å². The Balaban J connectivity index is 1.72. The first-order chi connectivity index (χ1) is 8.76. The van der Waals surface area contributed by atoms with E-state index in [2.05, 4.69) is 10.2 Å². The van der Waals surface area contributed by atoms with E-state index in [1.54, 1.807) is 7.11 Å². The van der Waals surface area contributed by atoms with E-state index in [1.165, 1.54) is 38.5 Å². The molecule has 4 nitrogen and oxygen atoms in total. The zero-order valence-electron chi connectivity index (χ0n) is 11.5. The number of carbonyl (C=O) groups excluding carboxylic acids is 1. The Hall–Kier alpha value is -0.610. The van der Waals surface area contributed by atoms with Gasteiger partial charge in [0.2, 0.25) is 5.91 Å². The van der Waals surface area contributed by atoms with Crippen molar-refractivity contribution in [2.24, 2.45) is 5.41 Å². The molecular weight excluding hydrogens is 228 g/mol. The van der Waals surface area contributed by atoms with Crippen LogP contribution in [0.4, 0.5) is 0 Å². The summed E-state index contributed by atoms with van der Waals surface area (Å²) in [6, 6.07) is 0. The van der Waals surface area contributed by atoms with Gasteiger partial charge in [-0.15, -0.1) is 0 Å². The van der Waals surface area contributed by atoms with E-state index in [0.717, 1.165) is 19.6 Å². The van der Waals surface area contributed by atoms with Crippen molar-refractivity contribution >= 4 is 5.91 Å². The number of methoxy groups -OCH3 is 1. The molecule has 18 heavy (non-hydrogen) atoms. The summed E-state index contributed by atoms with van der Waals surface area (Å²) in [5, 5.41) is 3.14. The van der Waals surface area contributed by atoms with E-state index in [4.69, 9.17) is 4.74 Å². The molecule has 1 aliphatic carbocycles. The standard InChI is InChI=1S/C14H26N2O2/c1-18-10-8-15-11-13(17)16-9-7-14(12-16)5-3-2-4-6-14/h15H,2-12H2,1H3. The van der Waals surface area contributed by atoms with Crippen LogP contribution in [0.15, 0.2) is 0 Å². The van der Waals surface area contributed by atoms with Gasteiger partial charge in [0.15, 0.2) is 0 Å². The predicted octanol–water partition coefficient (Wildman–Crippen LogP) is 1.41. The SMILES string of the molecule is COCCNCC(=O)N1CCC2(CCCCC2)C1. The smallest absolute Gasteiger partial charge is 0.236 e. The molecule has 0 aromatic heterocycles. The topological polar surface area (TPSA) is 41.6 Å². The van der Waals surface area contributed by atoms with Crippen LogP contribution in [0.2, 0.25) is 0 Å². The number of carbonyl (C=O) groups is 1. The third kappa shape index (κ3) is 3.45. The highest BCUT2D eigenvalue weighted by atomic mass is 16.5. The van der Waals surface area contributed by atoms with Crippen molar-refractivity contribution in [3.05, 3.63) is 0 Å². The van der Waals surface area contributed by atoms with Crippen molar-refractivity contribution in [3.8, 4) is 0 Å². The average Bonchev–Trinajstić information content (AvgIpc) is 2.79. The molecule has 2 fully saturated rings. The fraction of sp³-hybridized carbons (Fsp3) is 0.929. The molecule has 1 amide bonds. The van der Waals surface area contributed by atoms with Gasteiger partial charge in [0.1, 0.15) is 0 Å². The molecule has 0 aromatic rings. The van der Waals surface area contributed by atoms with Gasteiger partial charge in [-0.2, -0.15) is 0 Å². The fourth-order valence-corrected chi connectivity index (χ4v) is 3.34. The predicted molar refractivity (Wildman–Crippen MR) is 71.5 cm³/mol. The van der Waals surface area contributed by atoms with Crippen LogP contribution >= 0.6 is 0 Å². The number of ether oxygens (including phenoxy) is 1. The van der Waals surface area contributed by atoms with E-state index in [-0.39, 0.29) is 5.91 Å². The van der Waals surface area contributed by atoms with Crippen LogP contribution in [0, 0.1) is 5.41 Å². The van der Waals surface area contributed by atoms with Crippen LogP contribution in [-0.2, 0) is 9.53 Å². The molecule has 2 rings (SSSR count). The van der Waals surface area contributed by atoms with E-state index in [1.807, 2.05) is 0 Å². The monoisotopic (exact) mass is 254 g/mol. The molecule has 0 aromatic carbocycles. The molecule has 4 heteroatoms. The highest BCUT2D eigenvalue weighted by Crippen LogP contribution is 2.43.